The number of anilines is 2. The largest absolute Gasteiger partial charge is 0.416 e. The van der Waals surface area contributed by atoms with Gasteiger partial charge < -0.3 is 10.6 Å². The fourth-order valence-electron chi connectivity index (χ4n) is 2.29. The van der Waals surface area contributed by atoms with Crippen LogP contribution in [0.5, 0.6) is 0 Å². The number of amides is 1. The van der Waals surface area contributed by atoms with Crippen molar-refractivity contribution in [3.05, 3.63) is 83.7 Å². The molecule has 0 aliphatic rings. The molecule has 5 nitrogen and oxygen atoms in total. The molecule has 0 fully saturated rings. The Hall–Kier alpha value is -3.42. The van der Waals surface area contributed by atoms with Crippen LogP contribution < -0.4 is 10.6 Å². The maximum absolute atomic E-state index is 12.7. The molecule has 2 N–H and O–H groups in total. The minimum Gasteiger partial charge on any atom is -0.350 e. The van der Waals surface area contributed by atoms with Crippen LogP contribution in [-0.4, -0.2) is 15.9 Å². The summed E-state index contributed by atoms with van der Waals surface area (Å²) >= 11 is 0. The maximum Gasteiger partial charge on any atom is 0.416 e. The van der Waals surface area contributed by atoms with Gasteiger partial charge in [0.05, 0.1) is 11.1 Å². The number of nitrogens with zero attached hydrogens (tertiary/aromatic N) is 2. The van der Waals surface area contributed by atoms with E-state index in [0.717, 1.165) is 17.7 Å². The third-order valence-electron chi connectivity index (χ3n) is 3.66. The van der Waals surface area contributed by atoms with Crippen molar-refractivity contribution >= 4 is 17.5 Å². The lowest BCUT2D eigenvalue weighted by molar-refractivity contribution is -0.137. The van der Waals surface area contributed by atoms with E-state index in [1.165, 1.54) is 24.5 Å². The van der Waals surface area contributed by atoms with Crippen molar-refractivity contribution < 1.29 is 18.0 Å². The maximum atomic E-state index is 12.7. The summed E-state index contributed by atoms with van der Waals surface area (Å²) in [6.07, 6.45) is -1.86. The fraction of sp³-hybridized carbons (Fsp3) is 0.105. The van der Waals surface area contributed by atoms with Crippen molar-refractivity contribution in [2.24, 2.45) is 0 Å². The Bertz CT molecular complexity index is 912. The second-order valence-electron chi connectivity index (χ2n) is 5.67. The number of aromatic nitrogens is 2. The second kappa shape index (κ2) is 7.86. The van der Waals surface area contributed by atoms with Crippen molar-refractivity contribution in [1.82, 2.24) is 9.97 Å². The Morgan fingerprint density at radius 2 is 1.67 bits per heavy atom. The van der Waals surface area contributed by atoms with E-state index in [2.05, 4.69) is 20.6 Å². The summed E-state index contributed by atoms with van der Waals surface area (Å²) in [7, 11) is 0. The van der Waals surface area contributed by atoms with E-state index in [1.807, 2.05) is 30.3 Å². The van der Waals surface area contributed by atoms with Gasteiger partial charge in [-0.1, -0.05) is 36.4 Å². The van der Waals surface area contributed by atoms with Crippen LogP contribution in [0.1, 0.15) is 21.5 Å². The van der Waals surface area contributed by atoms with Crippen LogP contribution in [-0.2, 0) is 12.7 Å². The molecule has 27 heavy (non-hydrogen) atoms. The van der Waals surface area contributed by atoms with Crippen molar-refractivity contribution in [2.75, 3.05) is 10.6 Å². The predicted octanol–water partition coefficient (Wildman–Crippen LogP) is 4.36. The average Bonchev–Trinajstić information content (AvgIpc) is 2.67. The molecular weight excluding hydrogens is 357 g/mol. The first-order chi connectivity index (χ1) is 12.9. The van der Waals surface area contributed by atoms with Gasteiger partial charge in [-0.15, -0.1) is 0 Å². The smallest absolute Gasteiger partial charge is 0.350 e. The van der Waals surface area contributed by atoms with Gasteiger partial charge in [0.25, 0.3) is 5.91 Å². The molecule has 1 amide bonds. The molecule has 0 saturated heterocycles. The Kier molecular flexibility index (Phi) is 5.35. The first-order valence-electron chi connectivity index (χ1n) is 8.00. The van der Waals surface area contributed by atoms with Crippen LogP contribution >= 0.6 is 0 Å². The Morgan fingerprint density at radius 1 is 0.963 bits per heavy atom. The third-order valence-corrected chi connectivity index (χ3v) is 3.66. The molecule has 0 atom stereocenters. The standard InChI is InChI=1S/C19H15F3N4O/c20-19(21,22)15-7-4-8-16(9-15)26-17(27)14-11-24-18(25-12-14)23-10-13-5-2-1-3-6-13/h1-9,11-12H,10H2,(H,26,27)(H,23,24,25). The molecule has 0 unspecified atom stereocenters. The molecule has 3 rings (SSSR count). The van der Waals surface area contributed by atoms with Gasteiger partial charge >= 0.3 is 6.18 Å². The second-order valence-corrected chi connectivity index (χ2v) is 5.67. The molecule has 8 heteroatoms. The highest BCUT2D eigenvalue weighted by atomic mass is 19.4. The first kappa shape index (κ1) is 18.4. The molecule has 2 aromatic carbocycles. The van der Waals surface area contributed by atoms with Crippen LogP contribution in [0, 0.1) is 0 Å². The van der Waals surface area contributed by atoms with E-state index in [0.29, 0.717) is 12.5 Å². The van der Waals surface area contributed by atoms with Crippen molar-refractivity contribution in [2.45, 2.75) is 12.7 Å². The highest BCUT2D eigenvalue weighted by Gasteiger charge is 2.30. The Labute approximate surface area is 153 Å². The van der Waals surface area contributed by atoms with Gasteiger partial charge in [-0.2, -0.15) is 13.2 Å². The van der Waals surface area contributed by atoms with Crippen LogP contribution in [0.15, 0.2) is 67.0 Å². The van der Waals surface area contributed by atoms with Gasteiger partial charge in [0.15, 0.2) is 0 Å². The number of carbonyl (C=O) groups excluding carboxylic acids is 1. The van der Waals surface area contributed by atoms with Gasteiger partial charge in [-0.25, -0.2) is 9.97 Å². The molecule has 0 radical (unpaired) electrons. The van der Waals surface area contributed by atoms with Crippen molar-refractivity contribution in [1.29, 1.82) is 0 Å². The number of carbonyl (C=O) groups is 1. The molecule has 0 saturated carbocycles. The lowest BCUT2D eigenvalue weighted by Gasteiger charge is -2.10. The Morgan fingerprint density at radius 3 is 2.33 bits per heavy atom. The van der Waals surface area contributed by atoms with E-state index >= 15 is 0 Å². The average molecular weight is 372 g/mol. The summed E-state index contributed by atoms with van der Waals surface area (Å²) in [5.41, 5.74) is 0.392. The number of hydrogen-bond acceptors (Lipinski definition) is 4. The molecule has 0 bridgehead atoms. The molecule has 3 aromatic rings. The normalized spacial score (nSPS) is 11.1. The van der Waals surface area contributed by atoms with Crippen molar-refractivity contribution in [3.63, 3.8) is 0 Å². The van der Waals surface area contributed by atoms with E-state index in [4.69, 9.17) is 0 Å². The minimum atomic E-state index is -4.48. The number of hydrogen-bond donors (Lipinski definition) is 2. The van der Waals surface area contributed by atoms with Gasteiger partial charge in [0, 0.05) is 24.6 Å². The van der Waals surface area contributed by atoms with Crippen LogP contribution in [0.3, 0.4) is 0 Å². The lowest BCUT2D eigenvalue weighted by Crippen LogP contribution is -2.14. The first-order valence-corrected chi connectivity index (χ1v) is 8.00. The summed E-state index contributed by atoms with van der Waals surface area (Å²) in [5.74, 6) is -0.251. The van der Waals surface area contributed by atoms with Gasteiger partial charge in [-0.05, 0) is 23.8 Å². The van der Waals surface area contributed by atoms with Crippen LogP contribution in [0.2, 0.25) is 0 Å². The number of alkyl halides is 3. The molecule has 0 spiro atoms. The van der Waals surface area contributed by atoms with Crippen LogP contribution in [0.4, 0.5) is 24.8 Å². The number of rotatable bonds is 5. The zero-order chi connectivity index (χ0) is 19.3. The van der Waals surface area contributed by atoms with E-state index in [9.17, 15) is 18.0 Å². The summed E-state index contributed by atoms with van der Waals surface area (Å²) in [6.45, 7) is 0.524. The summed E-state index contributed by atoms with van der Waals surface area (Å²) < 4.78 is 38.2. The van der Waals surface area contributed by atoms with Crippen LogP contribution in [0.25, 0.3) is 0 Å². The molecule has 0 aliphatic carbocycles. The molecule has 0 aliphatic heterocycles. The number of benzene rings is 2. The number of halogens is 3. The summed E-state index contributed by atoms with van der Waals surface area (Å²) in [4.78, 5) is 20.3. The van der Waals surface area contributed by atoms with Gasteiger partial charge in [-0.3, -0.25) is 4.79 Å². The SMILES string of the molecule is O=C(Nc1cccc(C(F)(F)F)c1)c1cnc(NCc2ccccc2)nc1. The highest BCUT2D eigenvalue weighted by molar-refractivity contribution is 6.03. The lowest BCUT2D eigenvalue weighted by atomic mass is 10.2. The minimum absolute atomic E-state index is 0.0427. The predicted molar refractivity (Wildman–Crippen MR) is 95.2 cm³/mol. The Balaban J connectivity index is 1.62. The zero-order valence-electron chi connectivity index (χ0n) is 14.0. The molecule has 1 aromatic heterocycles. The van der Waals surface area contributed by atoms with E-state index < -0.39 is 17.6 Å². The highest BCUT2D eigenvalue weighted by Crippen LogP contribution is 2.30. The van der Waals surface area contributed by atoms with Crippen molar-refractivity contribution in [3.8, 4) is 0 Å². The monoisotopic (exact) mass is 372 g/mol. The van der Waals surface area contributed by atoms with Gasteiger partial charge in [0.2, 0.25) is 5.95 Å². The quantitative estimate of drug-likeness (QED) is 0.698. The van der Waals surface area contributed by atoms with E-state index in [-0.39, 0.29) is 11.3 Å². The summed E-state index contributed by atoms with van der Waals surface area (Å²) in [5, 5.41) is 5.43. The zero-order valence-corrected chi connectivity index (χ0v) is 14.0. The molecule has 1 heterocycles. The van der Waals surface area contributed by atoms with Gasteiger partial charge in [0.1, 0.15) is 0 Å². The topological polar surface area (TPSA) is 66.9 Å². The fourth-order valence-corrected chi connectivity index (χ4v) is 2.29. The molecule has 138 valence electrons. The third kappa shape index (κ3) is 5.04. The summed E-state index contributed by atoms with van der Waals surface area (Å²) in [6, 6.07) is 14.1. The number of nitrogens with one attached hydrogen (secondary N) is 2. The molecular formula is C19H15F3N4O. The van der Waals surface area contributed by atoms with E-state index in [1.54, 1.807) is 0 Å².